The van der Waals surface area contributed by atoms with Crippen LogP contribution in [0.3, 0.4) is 0 Å². The van der Waals surface area contributed by atoms with Gasteiger partial charge in [0.05, 0.1) is 6.54 Å². The molecule has 0 aliphatic rings. The highest BCUT2D eigenvalue weighted by atomic mass is 16.2. The minimum absolute atomic E-state index is 0.0115. The molecule has 0 aliphatic heterocycles. The summed E-state index contributed by atoms with van der Waals surface area (Å²) in [6, 6.07) is 52.7. The van der Waals surface area contributed by atoms with Crippen molar-refractivity contribution in [1.82, 2.24) is 25.1 Å². The van der Waals surface area contributed by atoms with E-state index in [1.54, 1.807) is 0 Å². The van der Waals surface area contributed by atoms with Gasteiger partial charge in [0.2, 0.25) is 5.91 Å². The molecule has 7 nitrogen and oxygen atoms in total. The minimum atomic E-state index is -0.857. The molecule has 0 unspecified atom stereocenters. The number of tetrazole rings is 1. The smallest absolute Gasteiger partial charge is 0.238 e. The summed E-state index contributed by atoms with van der Waals surface area (Å²) in [5.41, 5.74) is 10.7. The van der Waals surface area contributed by atoms with Gasteiger partial charge < -0.3 is 5.32 Å². The van der Waals surface area contributed by atoms with Crippen LogP contribution in [0.25, 0.3) is 22.5 Å². The normalized spacial score (nSPS) is 11.5. The number of anilines is 1. The molecule has 0 aliphatic carbocycles. The molecule has 1 heterocycles. The van der Waals surface area contributed by atoms with Gasteiger partial charge in [-0.2, -0.15) is 0 Å². The molecule has 7 heteroatoms. The van der Waals surface area contributed by atoms with Crippen LogP contribution in [0.5, 0.6) is 0 Å². The molecule has 7 rings (SSSR count). The Morgan fingerprint density at radius 1 is 0.679 bits per heavy atom. The third-order valence-electron chi connectivity index (χ3n) is 10.6. The lowest BCUT2D eigenvalue weighted by atomic mass is 9.77. The van der Waals surface area contributed by atoms with E-state index in [-0.39, 0.29) is 5.91 Å². The van der Waals surface area contributed by atoms with Crippen LogP contribution in [0.4, 0.5) is 5.69 Å². The molecule has 0 saturated heterocycles. The Labute approximate surface area is 331 Å². The molecule has 6 aromatic carbocycles. The van der Waals surface area contributed by atoms with Gasteiger partial charge in [-0.15, -0.1) is 5.10 Å². The molecular weight excluding hydrogens is 689 g/mol. The van der Waals surface area contributed by atoms with Gasteiger partial charge in [0.1, 0.15) is 5.54 Å². The van der Waals surface area contributed by atoms with Crippen LogP contribution in [0.15, 0.2) is 152 Å². The second-order valence-corrected chi connectivity index (χ2v) is 14.7. The molecule has 0 atom stereocenters. The molecule has 0 saturated carbocycles. The number of carbonyl (C=O) groups is 1. The van der Waals surface area contributed by atoms with Crippen LogP contribution in [0, 0.1) is 20.8 Å². The van der Waals surface area contributed by atoms with Gasteiger partial charge >= 0.3 is 0 Å². The number of amides is 1. The molecular formula is C49H50N6O. The van der Waals surface area contributed by atoms with Gasteiger partial charge in [-0.05, 0) is 88.7 Å². The van der Waals surface area contributed by atoms with Crippen molar-refractivity contribution in [2.24, 2.45) is 0 Å². The van der Waals surface area contributed by atoms with Crippen LogP contribution in [-0.4, -0.2) is 44.1 Å². The number of hydrogen-bond donors (Lipinski definition) is 1. The summed E-state index contributed by atoms with van der Waals surface area (Å²) in [6.07, 6.45) is 3.30. The van der Waals surface area contributed by atoms with Crippen LogP contribution in [0.2, 0.25) is 0 Å². The van der Waals surface area contributed by atoms with E-state index in [1.807, 2.05) is 28.9 Å². The highest BCUT2D eigenvalue weighted by Gasteiger charge is 2.42. The van der Waals surface area contributed by atoms with E-state index in [4.69, 9.17) is 10.3 Å². The number of unbranched alkanes of at least 4 members (excludes halogenated alkanes) is 2. The standard InChI is InChI=1S/C49H50N6O/c1-5-6-18-31-54(35-46(56)50-47-37(3)32-36(2)33-38(47)4)34-39-27-29-40(30-28-39)44-25-16-17-26-45(44)48-51-52-53-55(48)49(41-19-10-7-11-20-41,42-21-12-8-13-22-42)43-23-14-9-15-24-43/h7-17,19-30,32-33H,5-6,18,31,34-35H2,1-4H3,(H,50,56). The first kappa shape index (κ1) is 38.1. The van der Waals surface area contributed by atoms with E-state index in [0.29, 0.717) is 18.9 Å². The van der Waals surface area contributed by atoms with E-state index < -0.39 is 5.54 Å². The van der Waals surface area contributed by atoms with Crippen LogP contribution in [0.1, 0.15) is 65.1 Å². The second-order valence-electron chi connectivity index (χ2n) is 14.7. The highest BCUT2D eigenvalue weighted by molar-refractivity contribution is 5.93. The number of aryl methyl sites for hydroxylation is 3. The summed E-state index contributed by atoms with van der Waals surface area (Å²) < 4.78 is 1.99. The summed E-state index contributed by atoms with van der Waals surface area (Å²) in [5, 5.41) is 17.1. The summed E-state index contributed by atoms with van der Waals surface area (Å²) in [5.74, 6) is 0.672. The summed E-state index contributed by atoms with van der Waals surface area (Å²) in [6.45, 7) is 10.3. The number of benzene rings is 6. The average Bonchev–Trinajstić information content (AvgIpc) is 3.71. The molecule has 0 radical (unpaired) electrons. The maximum absolute atomic E-state index is 13.4. The first-order valence-electron chi connectivity index (χ1n) is 19.6. The van der Waals surface area contributed by atoms with E-state index in [1.165, 1.54) is 5.56 Å². The van der Waals surface area contributed by atoms with Gasteiger partial charge in [-0.25, -0.2) is 4.68 Å². The number of aromatic nitrogens is 4. The Kier molecular flexibility index (Phi) is 11.9. The summed E-state index contributed by atoms with van der Waals surface area (Å²) in [7, 11) is 0. The zero-order valence-corrected chi connectivity index (χ0v) is 32.8. The quantitative estimate of drug-likeness (QED) is 0.0837. The van der Waals surface area contributed by atoms with Gasteiger partial charge in [0.15, 0.2) is 5.82 Å². The van der Waals surface area contributed by atoms with Crippen LogP contribution in [-0.2, 0) is 16.9 Å². The fourth-order valence-corrected chi connectivity index (χ4v) is 8.02. The van der Waals surface area contributed by atoms with Gasteiger partial charge in [0.25, 0.3) is 0 Å². The Morgan fingerprint density at radius 3 is 1.77 bits per heavy atom. The van der Waals surface area contributed by atoms with Crippen molar-refractivity contribution in [2.75, 3.05) is 18.4 Å². The molecule has 56 heavy (non-hydrogen) atoms. The van der Waals surface area contributed by atoms with Gasteiger partial charge in [0, 0.05) is 17.8 Å². The molecule has 0 fully saturated rings. The first-order valence-corrected chi connectivity index (χ1v) is 19.6. The first-order chi connectivity index (χ1) is 27.4. The molecule has 1 N–H and O–H groups in total. The molecule has 1 amide bonds. The third kappa shape index (κ3) is 8.09. The van der Waals surface area contributed by atoms with Gasteiger partial charge in [-0.3, -0.25) is 9.69 Å². The summed E-state index contributed by atoms with van der Waals surface area (Å²) >= 11 is 0. The minimum Gasteiger partial charge on any atom is -0.324 e. The number of carbonyl (C=O) groups excluding carboxylic acids is 1. The van der Waals surface area contributed by atoms with Crippen molar-refractivity contribution in [3.8, 4) is 22.5 Å². The van der Waals surface area contributed by atoms with E-state index in [2.05, 4.69) is 171 Å². The fraction of sp³-hybridized carbons (Fsp3) is 0.224. The Morgan fingerprint density at radius 2 is 1.21 bits per heavy atom. The zero-order valence-electron chi connectivity index (χ0n) is 32.8. The number of nitrogens with one attached hydrogen (secondary N) is 1. The molecule has 0 spiro atoms. The van der Waals surface area contributed by atoms with Crippen molar-refractivity contribution in [2.45, 2.75) is 59.0 Å². The van der Waals surface area contributed by atoms with Crippen molar-refractivity contribution in [3.05, 3.63) is 191 Å². The highest BCUT2D eigenvalue weighted by Crippen LogP contribution is 2.43. The number of nitrogens with zero attached hydrogens (tertiary/aromatic N) is 5. The zero-order chi connectivity index (χ0) is 38.9. The van der Waals surface area contributed by atoms with E-state index in [0.717, 1.165) is 81.6 Å². The Hall–Kier alpha value is -6.18. The van der Waals surface area contributed by atoms with Crippen molar-refractivity contribution in [1.29, 1.82) is 0 Å². The van der Waals surface area contributed by atoms with Crippen molar-refractivity contribution < 1.29 is 4.79 Å². The summed E-state index contributed by atoms with van der Waals surface area (Å²) in [4.78, 5) is 15.7. The molecule has 0 bridgehead atoms. The topological polar surface area (TPSA) is 75.9 Å². The third-order valence-corrected chi connectivity index (χ3v) is 10.6. The number of rotatable bonds is 15. The largest absolute Gasteiger partial charge is 0.324 e. The number of hydrogen-bond acceptors (Lipinski definition) is 5. The predicted octanol–water partition coefficient (Wildman–Crippen LogP) is 10.4. The lowest BCUT2D eigenvalue weighted by Crippen LogP contribution is -2.39. The maximum Gasteiger partial charge on any atom is 0.238 e. The van der Waals surface area contributed by atoms with Crippen molar-refractivity contribution in [3.63, 3.8) is 0 Å². The molecule has 7 aromatic rings. The van der Waals surface area contributed by atoms with Crippen LogP contribution < -0.4 is 5.32 Å². The second kappa shape index (κ2) is 17.5. The predicted molar refractivity (Wildman–Crippen MR) is 227 cm³/mol. The van der Waals surface area contributed by atoms with E-state index >= 15 is 0 Å². The molecule has 282 valence electrons. The van der Waals surface area contributed by atoms with E-state index in [9.17, 15) is 4.79 Å². The van der Waals surface area contributed by atoms with Crippen LogP contribution >= 0.6 is 0 Å². The maximum atomic E-state index is 13.4. The average molecular weight is 739 g/mol. The van der Waals surface area contributed by atoms with Crippen molar-refractivity contribution >= 4 is 11.6 Å². The lowest BCUT2D eigenvalue weighted by Gasteiger charge is -2.36. The molecule has 1 aromatic heterocycles. The Balaban J connectivity index is 1.21. The fourth-order valence-electron chi connectivity index (χ4n) is 8.02. The Bertz CT molecular complexity index is 2230. The lowest BCUT2D eigenvalue weighted by molar-refractivity contribution is -0.117. The SMILES string of the molecule is CCCCCN(CC(=O)Nc1c(C)cc(C)cc1C)Cc1ccc(-c2ccccc2-c2nnnn2C(c2ccccc2)(c2ccccc2)c2ccccc2)cc1. The monoisotopic (exact) mass is 738 g/mol. The van der Waals surface area contributed by atoms with Gasteiger partial charge in [-0.1, -0.05) is 177 Å².